The Labute approximate surface area is 159 Å². The van der Waals surface area contributed by atoms with Gasteiger partial charge < -0.3 is 9.15 Å². The minimum Gasteiger partial charge on any atom is -0.455 e. The maximum atomic E-state index is 11.9. The Morgan fingerprint density at radius 3 is 2.85 bits per heavy atom. The first kappa shape index (κ1) is 19.0. The first-order valence-electron chi connectivity index (χ1n) is 8.19. The average molecular weight is 393 g/mol. The molecule has 10 heteroatoms. The van der Waals surface area contributed by atoms with Crippen LogP contribution in [0.25, 0.3) is 11.3 Å². The molecule has 3 rings (SSSR count). The van der Waals surface area contributed by atoms with Crippen molar-refractivity contribution in [1.29, 1.82) is 0 Å². The Morgan fingerprint density at radius 2 is 2.11 bits per heavy atom. The summed E-state index contributed by atoms with van der Waals surface area (Å²) in [4.78, 5) is 24.5. The maximum absolute atomic E-state index is 11.9. The van der Waals surface area contributed by atoms with E-state index in [9.17, 15) is 14.9 Å². The molecule has 1 aliphatic rings. The fourth-order valence-corrected chi connectivity index (χ4v) is 2.76. The number of hydrazone groups is 1. The Kier molecular flexibility index (Phi) is 6.17. The standard InChI is InChI=1S/C17H17ClN4O5/c18-12-1-3-14(15(9-12)22(24)25)16-4-2-13(27-16)10-19-20-17(23)11-21-5-7-26-8-6-21/h1-4,9-10H,5-8,11H2,(H,20,23)/b19-10-. The van der Waals surface area contributed by atoms with Crippen LogP contribution in [0.1, 0.15) is 5.76 Å². The fraction of sp³-hybridized carbons (Fsp3) is 0.294. The number of morpholine rings is 1. The SMILES string of the molecule is O=C(CN1CCOCC1)N/N=C\c1ccc(-c2ccc(Cl)cc2[N+](=O)[O-])o1. The van der Waals surface area contributed by atoms with Crippen LogP contribution >= 0.6 is 11.6 Å². The molecule has 1 aromatic heterocycles. The van der Waals surface area contributed by atoms with Gasteiger partial charge in [0.15, 0.2) is 0 Å². The molecule has 27 heavy (non-hydrogen) atoms. The molecule has 0 saturated carbocycles. The number of benzene rings is 1. The molecule has 0 atom stereocenters. The first-order valence-corrected chi connectivity index (χ1v) is 8.57. The zero-order valence-corrected chi connectivity index (χ0v) is 15.0. The topological polar surface area (TPSA) is 110 Å². The molecule has 9 nitrogen and oxygen atoms in total. The van der Waals surface area contributed by atoms with E-state index in [0.717, 1.165) is 0 Å². The summed E-state index contributed by atoms with van der Waals surface area (Å²) < 4.78 is 10.8. The lowest BCUT2D eigenvalue weighted by Crippen LogP contribution is -2.42. The van der Waals surface area contributed by atoms with Crippen molar-refractivity contribution < 1.29 is 18.9 Å². The monoisotopic (exact) mass is 392 g/mol. The van der Waals surface area contributed by atoms with E-state index < -0.39 is 4.92 Å². The van der Waals surface area contributed by atoms with Gasteiger partial charge in [-0.05, 0) is 24.3 Å². The second-order valence-corrected chi connectivity index (χ2v) is 6.24. The Balaban J connectivity index is 1.62. The van der Waals surface area contributed by atoms with Gasteiger partial charge in [-0.3, -0.25) is 19.8 Å². The molecule has 1 fully saturated rings. The van der Waals surface area contributed by atoms with Gasteiger partial charge in [0.1, 0.15) is 11.5 Å². The van der Waals surface area contributed by atoms with Gasteiger partial charge in [0, 0.05) is 24.2 Å². The largest absolute Gasteiger partial charge is 0.455 e. The third-order valence-corrected chi connectivity index (χ3v) is 4.14. The molecule has 2 heterocycles. The van der Waals surface area contributed by atoms with Crippen LogP contribution in [0.3, 0.4) is 0 Å². The van der Waals surface area contributed by atoms with E-state index in [0.29, 0.717) is 43.4 Å². The van der Waals surface area contributed by atoms with Gasteiger partial charge in [-0.25, -0.2) is 5.43 Å². The molecule has 0 unspecified atom stereocenters. The van der Waals surface area contributed by atoms with Crippen LogP contribution in [0.2, 0.25) is 5.02 Å². The van der Waals surface area contributed by atoms with Crippen LogP contribution < -0.4 is 5.43 Å². The van der Waals surface area contributed by atoms with Crippen molar-refractivity contribution in [3.05, 3.63) is 51.2 Å². The number of nitro benzene ring substituents is 1. The third-order valence-electron chi connectivity index (χ3n) is 3.90. The molecular weight excluding hydrogens is 376 g/mol. The fourth-order valence-electron chi connectivity index (χ4n) is 2.60. The van der Waals surface area contributed by atoms with Crippen molar-refractivity contribution in [2.45, 2.75) is 0 Å². The number of carbonyl (C=O) groups excluding carboxylic acids is 1. The molecule has 1 aromatic carbocycles. The Morgan fingerprint density at radius 1 is 1.33 bits per heavy atom. The van der Waals surface area contributed by atoms with Crippen LogP contribution in [0.4, 0.5) is 5.69 Å². The molecule has 1 aliphatic heterocycles. The second-order valence-electron chi connectivity index (χ2n) is 5.80. The maximum Gasteiger partial charge on any atom is 0.281 e. The highest BCUT2D eigenvalue weighted by Crippen LogP contribution is 2.33. The van der Waals surface area contributed by atoms with E-state index in [-0.39, 0.29) is 23.2 Å². The highest BCUT2D eigenvalue weighted by atomic mass is 35.5. The molecule has 0 spiro atoms. The lowest BCUT2D eigenvalue weighted by atomic mass is 10.1. The lowest BCUT2D eigenvalue weighted by molar-refractivity contribution is -0.384. The van der Waals surface area contributed by atoms with Gasteiger partial charge >= 0.3 is 0 Å². The van der Waals surface area contributed by atoms with Crippen molar-refractivity contribution in [2.75, 3.05) is 32.8 Å². The van der Waals surface area contributed by atoms with E-state index in [2.05, 4.69) is 10.5 Å². The highest BCUT2D eigenvalue weighted by molar-refractivity contribution is 6.30. The lowest BCUT2D eigenvalue weighted by Gasteiger charge is -2.25. The van der Waals surface area contributed by atoms with E-state index in [1.807, 2.05) is 4.90 Å². The average Bonchev–Trinajstić information content (AvgIpc) is 3.11. The van der Waals surface area contributed by atoms with Crippen molar-refractivity contribution in [1.82, 2.24) is 10.3 Å². The summed E-state index contributed by atoms with van der Waals surface area (Å²) in [6, 6.07) is 7.52. The molecule has 0 radical (unpaired) electrons. The summed E-state index contributed by atoms with van der Waals surface area (Å²) in [6.07, 6.45) is 1.34. The summed E-state index contributed by atoms with van der Waals surface area (Å²) in [5.41, 5.74) is 2.58. The van der Waals surface area contributed by atoms with Crippen molar-refractivity contribution in [3.8, 4) is 11.3 Å². The number of furan rings is 1. The number of hydrogen-bond donors (Lipinski definition) is 1. The predicted molar refractivity (Wildman–Crippen MR) is 98.8 cm³/mol. The number of nitrogens with one attached hydrogen (secondary N) is 1. The number of rotatable bonds is 6. The minimum atomic E-state index is -0.524. The van der Waals surface area contributed by atoms with Crippen LogP contribution in [0.5, 0.6) is 0 Å². The Bertz CT molecular complexity index is 861. The van der Waals surface area contributed by atoms with Crippen LogP contribution in [0, 0.1) is 10.1 Å². The molecule has 2 aromatic rings. The van der Waals surface area contributed by atoms with Gasteiger partial charge in [-0.1, -0.05) is 11.6 Å². The summed E-state index contributed by atoms with van der Waals surface area (Å²) in [5.74, 6) is 0.411. The van der Waals surface area contributed by atoms with Crippen molar-refractivity contribution in [2.24, 2.45) is 5.10 Å². The summed E-state index contributed by atoms with van der Waals surface area (Å²) in [6.45, 7) is 2.88. The van der Waals surface area contributed by atoms with Gasteiger partial charge in [0.05, 0.1) is 36.5 Å². The van der Waals surface area contributed by atoms with Gasteiger partial charge in [0.2, 0.25) is 0 Å². The number of hydrogen-bond acceptors (Lipinski definition) is 7. The Hall–Kier alpha value is -2.75. The predicted octanol–water partition coefficient (Wildman–Crippen LogP) is 2.29. The van der Waals surface area contributed by atoms with E-state index in [1.54, 1.807) is 18.2 Å². The molecule has 142 valence electrons. The highest BCUT2D eigenvalue weighted by Gasteiger charge is 2.18. The van der Waals surface area contributed by atoms with Crippen LogP contribution in [0.15, 0.2) is 39.9 Å². The molecule has 1 N–H and O–H groups in total. The van der Waals surface area contributed by atoms with Crippen LogP contribution in [-0.4, -0.2) is 54.8 Å². The quantitative estimate of drug-likeness (QED) is 0.458. The van der Waals surface area contributed by atoms with Gasteiger partial charge in [-0.15, -0.1) is 0 Å². The van der Waals surface area contributed by atoms with Crippen molar-refractivity contribution in [3.63, 3.8) is 0 Å². The number of amides is 1. The van der Waals surface area contributed by atoms with E-state index in [1.165, 1.54) is 18.3 Å². The summed E-state index contributed by atoms with van der Waals surface area (Å²) in [7, 11) is 0. The third kappa shape index (κ3) is 5.13. The molecule has 1 amide bonds. The van der Waals surface area contributed by atoms with E-state index >= 15 is 0 Å². The molecule has 1 saturated heterocycles. The number of nitro groups is 1. The molecule has 0 bridgehead atoms. The molecular formula is C17H17ClN4O5. The zero-order valence-electron chi connectivity index (χ0n) is 14.3. The van der Waals surface area contributed by atoms with E-state index in [4.69, 9.17) is 20.8 Å². The van der Waals surface area contributed by atoms with Gasteiger partial charge in [-0.2, -0.15) is 5.10 Å². The molecule has 0 aliphatic carbocycles. The van der Waals surface area contributed by atoms with Gasteiger partial charge in [0.25, 0.3) is 11.6 Å². The smallest absolute Gasteiger partial charge is 0.281 e. The normalized spacial score (nSPS) is 15.1. The first-order chi connectivity index (χ1) is 13.0. The zero-order chi connectivity index (χ0) is 19.2. The second kappa shape index (κ2) is 8.76. The van der Waals surface area contributed by atoms with Crippen molar-refractivity contribution >= 4 is 29.4 Å². The number of halogens is 1. The number of carbonyl (C=O) groups is 1. The summed E-state index contributed by atoms with van der Waals surface area (Å²) >= 11 is 5.81. The number of ether oxygens (including phenoxy) is 1. The summed E-state index contributed by atoms with van der Waals surface area (Å²) in [5, 5.41) is 15.3. The van der Waals surface area contributed by atoms with Crippen LogP contribution in [-0.2, 0) is 9.53 Å². The number of nitrogens with zero attached hydrogens (tertiary/aromatic N) is 3. The minimum absolute atomic E-state index is 0.154.